The summed E-state index contributed by atoms with van der Waals surface area (Å²) in [5.41, 5.74) is 3.65. The van der Waals surface area contributed by atoms with Crippen molar-refractivity contribution in [2.45, 2.75) is 51.3 Å². The Morgan fingerprint density at radius 3 is 3.00 bits per heavy atom. The average Bonchev–Trinajstić information content (AvgIpc) is 3.02. The van der Waals surface area contributed by atoms with Crippen LogP contribution < -0.4 is 0 Å². The summed E-state index contributed by atoms with van der Waals surface area (Å²) in [6.07, 6.45) is 4.53. The average molecular weight is 368 g/mol. The van der Waals surface area contributed by atoms with Crippen molar-refractivity contribution in [1.82, 2.24) is 9.47 Å². The molecule has 0 aliphatic carbocycles. The monoisotopic (exact) mass is 368 g/mol. The third kappa shape index (κ3) is 2.55. The van der Waals surface area contributed by atoms with E-state index in [1.165, 1.54) is 41.5 Å². The van der Waals surface area contributed by atoms with Gasteiger partial charge in [-0.05, 0) is 57.2 Å². The second-order valence-corrected chi connectivity index (χ2v) is 8.32. The highest BCUT2D eigenvalue weighted by Crippen LogP contribution is 2.53. The molecule has 5 heteroatoms. The van der Waals surface area contributed by atoms with E-state index in [1.54, 1.807) is 0 Å². The fourth-order valence-corrected chi connectivity index (χ4v) is 5.80. The zero-order valence-corrected chi connectivity index (χ0v) is 16.2. The van der Waals surface area contributed by atoms with Crippen LogP contribution >= 0.6 is 0 Å². The molecule has 5 rings (SSSR count). The van der Waals surface area contributed by atoms with Crippen molar-refractivity contribution < 1.29 is 14.3 Å². The molecule has 5 nitrogen and oxygen atoms in total. The molecule has 144 valence electrons. The van der Waals surface area contributed by atoms with Gasteiger partial charge in [-0.15, -0.1) is 0 Å². The quantitative estimate of drug-likeness (QED) is 0.774. The van der Waals surface area contributed by atoms with Crippen LogP contribution in [0.15, 0.2) is 24.3 Å². The highest BCUT2D eigenvalue weighted by atomic mass is 16.6. The van der Waals surface area contributed by atoms with Gasteiger partial charge in [0.15, 0.2) is 0 Å². The zero-order chi connectivity index (χ0) is 18.6. The first-order chi connectivity index (χ1) is 13.1. The van der Waals surface area contributed by atoms with E-state index in [2.05, 4.69) is 40.7 Å². The van der Waals surface area contributed by atoms with Gasteiger partial charge in [0.05, 0.1) is 18.2 Å². The Hall–Kier alpha value is -1.85. The molecule has 1 aromatic heterocycles. The third-order valence-electron chi connectivity index (χ3n) is 6.73. The van der Waals surface area contributed by atoms with E-state index >= 15 is 0 Å². The Kier molecular flexibility index (Phi) is 4.06. The van der Waals surface area contributed by atoms with E-state index < -0.39 is 5.72 Å². The number of esters is 1. The third-order valence-corrected chi connectivity index (χ3v) is 6.73. The van der Waals surface area contributed by atoms with E-state index in [9.17, 15) is 4.79 Å². The SMILES string of the molecule is CCOC(=O)COC1(C)CC2CCCN3CCc4c(n1c1ccccc41)C23. The number of piperidine rings is 1. The number of aromatic nitrogens is 1. The number of carbonyl (C=O) groups is 1. The van der Waals surface area contributed by atoms with Crippen LogP contribution in [-0.2, 0) is 26.4 Å². The minimum absolute atomic E-state index is 0.00667. The Labute approximate surface area is 160 Å². The number of benzene rings is 1. The molecule has 0 radical (unpaired) electrons. The van der Waals surface area contributed by atoms with Crippen molar-refractivity contribution in [3.63, 3.8) is 0 Å². The van der Waals surface area contributed by atoms with Crippen LogP contribution in [0.3, 0.4) is 0 Å². The normalized spacial score (nSPS) is 29.6. The molecular weight excluding hydrogens is 340 g/mol. The lowest BCUT2D eigenvalue weighted by Crippen LogP contribution is -2.52. The molecule has 1 fully saturated rings. The summed E-state index contributed by atoms with van der Waals surface area (Å²) in [5, 5.41) is 1.35. The number of fused-ring (bicyclic) bond motifs is 3. The number of ether oxygens (including phenoxy) is 2. The number of para-hydroxylation sites is 1. The lowest BCUT2D eigenvalue weighted by Gasteiger charge is -2.52. The van der Waals surface area contributed by atoms with Gasteiger partial charge in [-0.1, -0.05) is 18.2 Å². The molecule has 2 aromatic rings. The van der Waals surface area contributed by atoms with Gasteiger partial charge in [0.2, 0.25) is 0 Å². The molecule has 0 spiro atoms. The van der Waals surface area contributed by atoms with Crippen molar-refractivity contribution >= 4 is 16.9 Å². The molecule has 3 atom stereocenters. The van der Waals surface area contributed by atoms with E-state index in [-0.39, 0.29) is 12.6 Å². The molecule has 0 amide bonds. The van der Waals surface area contributed by atoms with Gasteiger partial charge in [0.25, 0.3) is 0 Å². The molecule has 0 saturated carbocycles. The summed E-state index contributed by atoms with van der Waals surface area (Å²) in [4.78, 5) is 14.7. The lowest BCUT2D eigenvalue weighted by molar-refractivity contribution is -0.172. The summed E-state index contributed by atoms with van der Waals surface area (Å²) in [5.74, 6) is 0.304. The van der Waals surface area contributed by atoms with Crippen molar-refractivity contribution in [2.24, 2.45) is 5.92 Å². The highest BCUT2D eigenvalue weighted by molar-refractivity contribution is 5.86. The van der Waals surface area contributed by atoms with E-state index in [0.717, 1.165) is 19.4 Å². The first kappa shape index (κ1) is 17.3. The molecule has 27 heavy (non-hydrogen) atoms. The Bertz CT molecular complexity index is 889. The van der Waals surface area contributed by atoms with E-state index in [0.29, 0.717) is 18.6 Å². The van der Waals surface area contributed by atoms with E-state index in [4.69, 9.17) is 9.47 Å². The largest absolute Gasteiger partial charge is 0.464 e. The van der Waals surface area contributed by atoms with Gasteiger partial charge in [0, 0.05) is 24.0 Å². The number of rotatable bonds is 4. The summed E-state index contributed by atoms with van der Waals surface area (Å²) in [6.45, 7) is 6.73. The topological polar surface area (TPSA) is 43.7 Å². The number of nitrogens with zero attached hydrogens (tertiary/aromatic N) is 2. The minimum atomic E-state index is -0.512. The van der Waals surface area contributed by atoms with Gasteiger partial charge in [-0.25, -0.2) is 4.79 Å². The molecule has 4 heterocycles. The lowest BCUT2D eigenvalue weighted by atomic mass is 9.76. The summed E-state index contributed by atoms with van der Waals surface area (Å²) in [6, 6.07) is 9.18. The maximum atomic E-state index is 12.0. The molecule has 3 aliphatic heterocycles. The Balaban J connectivity index is 1.65. The molecule has 0 bridgehead atoms. The van der Waals surface area contributed by atoms with Gasteiger partial charge in [-0.3, -0.25) is 4.90 Å². The van der Waals surface area contributed by atoms with Crippen molar-refractivity contribution in [1.29, 1.82) is 0 Å². The minimum Gasteiger partial charge on any atom is -0.464 e. The number of carbonyl (C=O) groups excluding carboxylic acids is 1. The second-order valence-electron chi connectivity index (χ2n) is 8.32. The maximum absolute atomic E-state index is 12.0. The van der Waals surface area contributed by atoms with Crippen LogP contribution in [0, 0.1) is 5.92 Å². The van der Waals surface area contributed by atoms with Crippen LogP contribution in [-0.4, -0.2) is 41.7 Å². The van der Waals surface area contributed by atoms with E-state index in [1.807, 2.05) is 6.92 Å². The van der Waals surface area contributed by atoms with Crippen LogP contribution in [0.25, 0.3) is 10.9 Å². The fraction of sp³-hybridized carbons (Fsp3) is 0.591. The van der Waals surface area contributed by atoms with Crippen LogP contribution in [0.5, 0.6) is 0 Å². The zero-order valence-electron chi connectivity index (χ0n) is 16.2. The van der Waals surface area contributed by atoms with Gasteiger partial charge >= 0.3 is 5.97 Å². The molecule has 3 unspecified atom stereocenters. The Morgan fingerprint density at radius 2 is 2.15 bits per heavy atom. The summed E-state index contributed by atoms with van der Waals surface area (Å²) in [7, 11) is 0. The smallest absolute Gasteiger partial charge is 0.332 e. The van der Waals surface area contributed by atoms with Crippen LogP contribution in [0.2, 0.25) is 0 Å². The first-order valence-corrected chi connectivity index (χ1v) is 10.3. The predicted octanol–water partition coefficient (Wildman–Crippen LogP) is 3.61. The molecule has 0 N–H and O–H groups in total. The molecular formula is C22H28N2O3. The summed E-state index contributed by atoms with van der Waals surface area (Å²) >= 11 is 0. The van der Waals surface area contributed by atoms with Gasteiger partial charge < -0.3 is 14.0 Å². The molecule has 3 aliphatic rings. The predicted molar refractivity (Wildman–Crippen MR) is 104 cm³/mol. The fourth-order valence-electron chi connectivity index (χ4n) is 5.80. The number of hydrogen-bond donors (Lipinski definition) is 0. The highest BCUT2D eigenvalue weighted by Gasteiger charge is 2.49. The van der Waals surface area contributed by atoms with Crippen molar-refractivity contribution in [3.8, 4) is 0 Å². The standard InChI is InChI=1S/C22H28N2O3/c1-3-26-19(25)14-27-22(2)13-15-7-6-11-23-12-10-17-16-8-4-5-9-18(16)24(22)21(17)20(15)23/h4-5,8-9,15,20H,3,6-7,10-14H2,1-2H3. The van der Waals surface area contributed by atoms with Crippen molar-refractivity contribution in [3.05, 3.63) is 35.5 Å². The van der Waals surface area contributed by atoms with Crippen LogP contribution in [0.1, 0.15) is 50.4 Å². The van der Waals surface area contributed by atoms with Gasteiger partial charge in [0.1, 0.15) is 12.3 Å². The Morgan fingerprint density at radius 1 is 1.30 bits per heavy atom. The van der Waals surface area contributed by atoms with Gasteiger partial charge in [-0.2, -0.15) is 0 Å². The summed E-state index contributed by atoms with van der Waals surface area (Å²) < 4.78 is 13.8. The first-order valence-electron chi connectivity index (χ1n) is 10.3. The number of hydrogen-bond acceptors (Lipinski definition) is 4. The maximum Gasteiger partial charge on any atom is 0.332 e. The second kappa shape index (κ2) is 6.35. The van der Waals surface area contributed by atoms with Crippen LogP contribution in [0.4, 0.5) is 0 Å². The molecule has 1 saturated heterocycles. The molecule has 1 aromatic carbocycles. The van der Waals surface area contributed by atoms with Crippen molar-refractivity contribution in [2.75, 3.05) is 26.3 Å².